The third-order valence-electron chi connectivity index (χ3n) is 8.48. The summed E-state index contributed by atoms with van der Waals surface area (Å²) in [6.07, 6.45) is 7.78. The van der Waals surface area contributed by atoms with E-state index in [0.29, 0.717) is 38.5 Å². The van der Waals surface area contributed by atoms with Gasteiger partial charge in [-0.05, 0) is 62.2 Å². The number of amides is 2. The van der Waals surface area contributed by atoms with Crippen molar-refractivity contribution in [3.8, 4) is 0 Å². The molecule has 6 heteroatoms. The summed E-state index contributed by atoms with van der Waals surface area (Å²) in [5.41, 5.74) is 1.77. The lowest BCUT2D eigenvalue weighted by Crippen LogP contribution is -2.74. The van der Waals surface area contributed by atoms with Crippen LogP contribution in [0.3, 0.4) is 0 Å². The molecule has 3 fully saturated rings. The number of carbonyl (C=O) groups is 2. The van der Waals surface area contributed by atoms with E-state index in [0.717, 1.165) is 32.1 Å². The van der Waals surface area contributed by atoms with Crippen molar-refractivity contribution in [2.24, 2.45) is 22.0 Å². The lowest BCUT2D eigenvalue weighted by molar-refractivity contribution is -0.212. The van der Waals surface area contributed by atoms with Gasteiger partial charge in [-0.2, -0.15) is 0 Å². The summed E-state index contributed by atoms with van der Waals surface area (Å²) in [5.74, 6) is -0.834. The van der Waals surface area contributed by atoms with Crippen molar-refractivity contribution < 1.29 is 19.8 Å². The van der Waals surface area contributed by atoms with E-state index < -0.39 is 45.4 Å². The highest BCUT2D eigenvalue weighted by Crippen LogP contribution is 2.53. The minimum absolute atomic E-state index is 0.273. The maximum absolute atomic E-state index is 14.6. The van der Waals surface area contributed by atoms with E-state index >= 15 is 0 Å². The van der Waals surface area contributed by atoms with Crippen molar-refractivity contribution in [2.75, 3.05) is 0 Å². The average Bonchev–Trinajstić information content (AvgIpc) is 2.62. The molecule has 4 N–H and O–H groups in total. The third-order valence-corrected chi connectivity index (χ3v) is 8.48. The van der Waals surface area contributed by atoms with Crippen LogP contribution in [0.15, 0.2) is 0 Å². The van der Waals surface area contributed by atoms with Gasteiger partial charge in [0.25, 0.3) is 0 Å². The fourth-order valence-electron chi connectivity index (χ4n) is 6.94. The van der Waals surface area contributed by atoms with E-state index in [2.05, 4.69) is 41.5 Å². The predicted octanol–water partition coefficient (Wildman–Crippen LogP) is 3.91. The largest absolute Gasteiger partial charge is 0.388 e. The molecule has 184 valence electrons. The number of nitrogens with two attached hydrogens (primary N) is 1. The Morgan fingerprint density at radius 3 is 1.34 bits per heavy atom. The number of nitrogens with zero attached hydrogens (tertiary/aromatic N) is 1. The molecule has 3 aliphatic rings. The topological polar surface area (TPSA) is 104 Å². The number of hydrogen-bond donors (Lipinski definition) is 3. The maximum Gasteiger partial charge on any atom is 0.238 e. The van der Waals surface area contributed by atoms with Crippen molar-refractivity contribution >= 4 is 11.8 Å². The quantitative estimate of drug-likeness (QED) is 0.534. The van der Waals surface area contributed by atoms with Crippen molar-refractivity contribution in [3.05, 3.63) is 0 Å². The molecule has 0 saturated heterocycles. The zero-order valence-electron chi connectivity index (χ0n) is 21.2. The zero-order valence-corrected chi connectivity index (χ0v) is 21.2. The molecule has 0 aromatic rings. The van der Waals surface area contributed by atoms with Crippen molar-refractivity contribution in [1.29, 1.82) is 0 Å². The van der Waals surface area contributed by atoms with E-state index in [-0.39, 0.29) is 5.91 Å². The molecule has 0 aromatic heterocycles. The molecule has 3 saturated carbocycles. The Hall–Kier alpha value is -1.14. The van der Waals surface area contributed by atoms with Gasteiger partial charge in [-0.3, -0.25) is 9.59 Å². The summed E-state index contributed by atoms with van der Waals surface area (Å²) >= 11 is 0. The highest BCUT2D eigenvalue weighted by molar-refractivity contribution is 6.04. The minimum atomic E-state index is -1.26. The summed E-state index contributed by atoms with van der Waals surface area (Å²) in [6, 6.07) is -1.02. The van der Waals surface area contributed by atoms with Crippen LogP contribution in [0.4, 0.5) is 0 Å². The van der Waals surface area contributed by atoms with E-state index in [1.807, 2.05) is 0 Å². The second-order valence-electron chi connectivity index (χ2n) is 13.2. The van der Waals surface area contributed by atoms with Gasteiger partial charge in [0.2, 0.25) is 11.8 Å². The van der Waals surface area contributed by atoms with E-state index in [1.165, 1.54) is 0 Å². The number of primary amides is 1. The molecule has 2 atom stereocenters. The summed E-state index contributed by atoms with van der Waals surface area (Å²) < 4.78 is 0. The molecular weight excluding hydrogens is 404 g/mol. The Bertz CT molecular complexity index is 681. The van der Waals surface area contributed by atoms with E-state index in [9.17, 15) is 19.8 Å². The Kier molecular flexibility index (Phi) is 6.58. The second kappa shape index (κ2) is 8.26. The van der Waals surface area contributed by atoms with Crippen LogP contribution in [-0.4, -0.2) is 50.2 Å². The second-order valence-corrected chi connectivity index (χ2v) is 13.2. The normalized spacial score (nSPS) is 26.2. The summed E-state index contributed by atoms with van der Waals surface area (Å²) in [4.78, 5) is 29.3. The van der Waals surface area contributed by atoms with Gasteiger partial charge in [-0.25, -0.2) is 0 Å². The van der Waals surface area contributed by atoms with Gasteiger partial charge in [0, 0.05) is 0 Å². The van der Waals surface area contributed by atoms with Crippen LogP contribution in [0.1, 0.15) is 112 Å². The first-order valence-corrected chi connectivity index (χ1v) is 12.7. The van der Waals surface area contributed by atoms with Gasteiger partial charge >= 0.3 is 0 Å². The monoisotopic (exact) mass is 450 g/mol. The highest BCUT2D eigenvalue weighted by atomic mass is 16.3. The summed E-state index contributed by atoms with van der Waals surface area (Å²) in [7, 11) is 0. The van der Waals surface area contributed by atoms with E-state index in [1.54, 1.807) is 4.90 Å². The molecule has 0 radical (unpaired) electrons. The fraction of sp³-hybridized carbons (Fsp3) is 0.923. The number of aliphatic hydroxyl groups is 2. The highest BCUT2D eigenvalue weighted by Gasteiger charge is 2.62. The molecule has 0 aliphatic heterocycles. The third kappa shape index (κ3) is 4.22. The lowest BCUT2D eigenvalue weighted by atomic mass is 9.60. The van der Waals surface area contributed by atoms with Crippen molar-refractivity contribution in [1.82, 2.24) is 4.90 Å². The van der Waals surface area contributed by atoms with Crippen LogP contribution in [0.5, 0.6) is 0 Å². The van der Waals surface area contributed by atoms with Gasteiger partial charge in [0.1, 0.15) is 5.41 Å². The smallest absolute Gasteiger partial charge is 0.238 e. The van der Waals surface area contributed by atoms with E-state index in [4.69, 9.17) is 5.73 Å². The first kappa shape index (κ1) is 25.5. The molecule has 3 rings (SSSR count). The standard InChI is InChI=1S/C26H46N2O4/c1-22(2,3)18(25(31)14-10-15-25)28(19(23(4,5)6)26(32)16-11-17-26)21(30)24(20(27)29)12-8-7-9-13-24/h18-19,31-32H,7-17H2,1-6H3,(H2,27,29). The van der Waals surface area contributed by atoms with Gasteiger partial charge in [0.05, 0.1) is 23.3 Å². The molecule has 0 aromatic carbocycles. The lowest BCUT2D eigenvalue weighted by Gasteiger charge is -2.62. The molecule has 2 unspecified atom stereocenters. The first-order valence-electron chi connectivity index (χ1n) is 12.7. The average molecular weight is 451 g/mol. The Balaban J connectivity index is 2.22. The fourth-order valence-corrected chi connectivity index (χ4v) is 6.94. The molecule has 0 heterocycles. The summed E-state index contributed by atoms with van der Waals surface area (Å²) in [6.45, 7) is 12.3. The molecule has 3 aliphatic carbocycles. The van der Waals surface area contributed by atoms with Gasteiger partial charge in [-0.15, -0.1) is 0 Å². The van der Waals surface area contributed by atoms with Crippen LogP contribution < -0.4 is 5.73 Å². The number of rotatable bonds is 6. The first-order chi connectivity index (χ1) is 14.6. The number of carbonyl (C=O) groups excluding carboxylic acids is 2. The van der Waals surface area contributed by atoms with Crippen LogP contribution >= 0.6 is 0 Å². The molecule has 2 amide bonds. The Morgan fingerprint density at radius 2 is 1.09 bits per heavy atom. The molecule has 32 heavy (non-hydrogen) atoms. The minimum Gasteiger partial charge on any atom is -0.388 e. The van der Waals surface area contributed by atoms with Crippen LogP contribution in [0, 0.1) is 16.2 Å². The maximum atomic E-state index is 14.6. The summed E-state index contributed by atoms with van der Waals surface area (Å²) in [5, 5.41) is 23.4. The zero-order chi connectivity index (χ0) is 24.2. The van der Waals surface area contributed by atoms with Crippen molar-refractivity contribution in [3.63, 3.8) is 0 Å². The van der Waals surface area contributed by atoms with Crippen LogP contribution in [-0.2, 0) is 9.59 Å². The Morgan fingerprint density at radius 1 is 0.719 bits per heavy atom. The van der Waals surface area contributed by atoms with Crippen molar-refractivity contribution in [2.45, 2.75) is 135 Å². The van der Waals surface area contributed by atoms with Crippen LogP contribution in [0.25, 0.3) is 0 Å². The molecule has 0 spiro atoms. The van der Waals surface area contributed by atoms with Gasteiger partial charge in [0.15, 0.2) is 0 Å². The van der Waals surface area contributed by atoms with Gasteiger partial charge in [-0.1, -0.05) is 60.8 Å². The number of hydrogen-bond acceptors (Lipinski definition) is 4. The van der Waals surface area contributed by atoms with Crippen LogP contribution in [0.2, 0.25) is 0 Å². The predicted molar refractivity (Wildman–Crippen MR) is 126 cm³/mol. The Labute approximate surface area is 194 Å². The molecule has 6 nitrogen and oxygen atoms in total. The SMILES string of the molecule is CC(C)(C)C(N(C(=O)C1(C(N)=O)CCCCC1)C(C(C)(C)C)C1(O)CCC1)C1(O)CCC1. The molecular formula is C26H46N2O4. The molecule has 0 bridgehead atoms. The van der Waals surface area contributed by atoms with Gasteiger partial charge < -0.3 is 20.8 Å².